The number of rotatable bonds is 3. The largest absolute Gasteiger partial charge is 0.362 e. The van der Waals surface area contributed by atoms with E-state index in [0.29, 0.717) is 11.9 Å². The molecule has 1 aliphatic carbocycles. The number of anilines is 1. The van der Waals surface area contributed by atoms with E-state index in [9.17, 15) is 4.79 Å². The SMILES string of the molecule is CC(C)n1ccnc(NC2CCCC2(C)C)c1=O. The number of hydrogen-bond donors (Lipinski definition) is 1. The summed E-state index contributed by atoms with van der Waals surface area (Å²) >= 11 is 0. The van der Waals surface area contributed by atoms with Crippen molar-refractivity contribution in [2.24, 2.45) is 5.41 Å². The molecule has 1 N–H and O–H groups in total. The predicted octanol–water partition coefficient (Wildman–Crippen LogP) is 2.81. The lowest BCUT2D eigenvalue weighted by Gasteiger charge is -2.28. The highest BCUT2D eigenvalue weighted by Crippen LogP contribution is 2.38. The van der Waals surface area contributed by atoms with Gasteiger partial charge in [0.25, 0.3) is 5.56 Å². The summed E-state index contributed by atoms with van der Waals surface area (Å²) in [5, 5.41) is 3.35. The maximum atomic E-state index is 12.2. The number of nitrogens with one attached hydrogen (secondary N) is 1. The minimum absolute atomic E-state index is 0.0183. The van der Waals surface area contributed by atoms with Crippen molar-refractivity contribution < 1.29 is 0 Å². The zero-order chi connectivity index (χ0) is 13.3. The highest BCUT2D eigenvalue weighted by atomic mass is 16.1. The predicted molar refractivity (Wildman–Crippen MR) is 73.9 cm³/mol. The Labute approximate surface area is 108 Å². The first-order chi connectivity index (χ1) is 8.42. The number of nitrogens with zero attached hydrogens (tertiary/aromatic N) is 2. The molecule has 0 saturated heterocycles. The molecule has 1 aromatic rings. The molecule has 1 saturated carbocycles. The molecule has 0 aromatic carbocycles. The summed E-state index contributed by atoms with van der Waals surface area (Å²) in [5.74, 6) is 0.492. The van der Waals surface area contributed by atoms with Gasteiger partial charge in [-0.25, -0.2) is 4.98 Å². The van der Waals surface area contributed by atoms with E-state index < -0.39 is 0 Å². The van der Waals surface area contributed by atoms with E-state index >= 15 is 0 Å². The summed E-state index contributed by atoms with van der Waals surface area (Å²) in [4.78, 5) is 16.5. The second kappa shape index (κ2) is 4.75. The highest BCUT2D eigenvalue weighted by Gasteiger charge is 2.35. The Kier molecular flexibility index (Phi) is 3.46. The van der Waals surface area contributed by atoms with Crippen LogP contribution in [0.5, 0.6) is 0 Å². The van der Waals surface area contributed by atoms with Crippen LogP contribution in [0.15, 0.2) is 17.2 Å². The molecule has 4 nitrogen and oxygen atoms in total. The zero-order valence-corrected chi connectivity index (χ0v) is 11.7. The van der Waals surface area contributed by atoms with E-state index in [0.717, 1.165) is 6.42 Å². The summed E-state index contributed by atoms with van der Waals surface area (Å²) in [6.45, 7) is 8.51. The van der Waals surface area contributed by atoms with E-state index in [1.165, 1.54) is 12.8 Å². The monoisotopic (exact) mass is 249 g/mol. The summed E-state index contributed by atoms with van der Waals surface area (Å²) in [7, 11) is 0. The molecule has 100 valence electrons. The van der Waals surface area contributed by atoms with E-state index in [1.807, 2.05) is 13.8 Å². The number of aromatic nitrogens is 2. The third-order valence-corrected chi connectivity index (χ3v) is 3.99. The minimum Gasteiger partial charge on any atom is -0.362 e. The van der Waals surface area contributed by atoms with Crippen molar-refractivity contribution in [3.05, 3.63) is 22.7 Å². The van der Waals surface area contributed by atoms with Gasteiger partial charge in [-0.2, -0.15) is 0 Å². The average molecular weight is 249 g/mol. The van der Waals surface area contributed by atoms with Crippen molar-refractivity contribution in [3.63, 3.8) is 0 Å². The molecule has 1 aromatic heterocycles. The van der Waals surface area contributed by atoms with Crippen LogP contribution in [-0.2, 0) is 0 Å². The molecule has 1 heterocycles. The van der Waals surface area contributed by atoms with Crippen LogP contribution in [0.2, 0.25) is 0 Å². The summed E-state index contributed by atoms with van der Waals surface area (Å²) < 4.78 is 1.72. The van der Waals surface area contributed by atoms with Gasteiger partial charge >= 0.3 is 0 Å². The van der Waals surface area contributed by atoms with Crippen molar-refractivity contribution in [1.29, 1.82) is 0 Å². The van der Waals surface area contributed by atoms with Crippen molar-refractivity contribution in [1.82, 2.24) is 9.55 Å². The van der Waals surface area contributed by atoms with Crippen molar-refractivity contribution in [2.45, 2.75) is 59.0 Å². The molecule has 4 heteroatoms. The molecular weight excluding hydrogens is 226 g/mol. The fourth-order valence-corrected chi connectivity index (χ4v) is 2.69. The molecular formula is C14H23N3O. The van der Waals surface area contributed by atoms with Crippen LogP contribution in [0.4, 0.5) is 5.82 Å². The van der Waals surface area contributed by atoms with Gasteiger partial charge in [0.2, 0.25) is 0 Å². The molecule has 1 unspecified atom stereocenters. The van der Waals surface area contributed by atoms with Gasteiger partial charge < -0.3 is 9.88 Å². The Hall–Kier alpha value is -1.32. The van der Waals surface area contributed by atoms with Crippen LogP contribution in [0.1, 0.15) is 53.0 Å². The molecule has 0 spiro atoms. The van der Waals surface area contributed by atoms with Gasteiger partial charge in [0, 0.05) is 24.5 Å². The summed E-state index contributed by atoms with van der Waals surface area (Å²) in [5.41, 5.74) is 0.224. The molecule has 0 aliphatic heterocycles. The Morgan fingerprint density at radius 2 is 2.22 bits per heavy atom. The molecule has 2 rings (SSSR count). The van der Waals surface area contributed by atoms with Crippen LogP contribution in [0, 0.1) is 5.41 Å². The van der Waals surface area contributed by atoms with Crippen LogP contribution in [0.3, 0.4) is 0 Å². The highest BCUT2D eigenvalue weighted by molar-refractivity contribution is 5.33. The van der Waals surface area contributed by atoms with E-state index in [4.69, 9.17) is 0 Å². The third-order valence-electron chi connectivity index (χ3n) is 3.99. The standard InChI is InChI=1S/C14H23N3O/c1-10(2)17-9-8-15-12(13(17)18)16-11-6-5-7-14(11,3)4/h8-11H,5-7H2,1-4H3,(H,15,16). The Bertz CT molecular complexity index is 476. The smallest absolute Gasteiger partial charge is 0.293 e. The van der Waals surface area contributed by atoms with Gasteiger partial charge in [0.15, 0.2) is 5.82 Å². The third kappa shape index (κ3) is 2.42. The topological polar surface area (TPSA) is 46.9 Å². The van der Waals surface area contributed by atoms with Crippen LogP contribution < -0.4 is 10.9 Å². The molecule has 0 bridgehead atoms. The van der Waals surface area contributed by atoms with Crippen LogP contribution in [-0.4, -0.2) is 15.6 Å². The summed E-state index contributed by atoms with van der Waals surface area (Å²) in [6, 6.07) is 0.512. The van der Waals surface area contributed by atoms with Gasteiger partial charge in [0.1, 0.15) is 0 Å². The first-order valence-electron chi connectivity index (χ1n) is 6.75. The van der Waals surface area contributed by atoms with Gasteiger partial charge in [0.05, 0.1) is 0 Å². The van der Waals surface area contributed by atoms with Crippen LogP contribution in [0.25, 0.3) is 0 Å². The van der Waals surface area contributed by atoms with E-state index in [1.54, 1.807) is 17.0 Å². The van der Waals surface area contributed by atoms with Gasteiger partial charge in [-0.3, -0.25) is 4.79 Å². The van der Waals surface area contributed by atoms with Crippen molar-refractivity contribution in [3.8, 4) is 0 Å². The van der Waals surface area contributed by atoms with Gasteiger partial charge in [-0.05, 0) is 32.1 Å². The molecule has 0 amide bonds. The second-order valence-corrected chi connectivity index (χ2v) is 6.16. The number of hydrogen-bond acceptors (Lipinski definition) is 3. The lowest BCUT2D eigenvalue weighted by atomic mass is 9.87. The summed E-state index contributed by atoms with van der Waals surface area (Å²) in [6.07, 6.45) is 6.99. The fourth-order valence-electron chi connectivity index (χ4n) is 2.69. The molecule has 1 aliphatic rings. The Morgan fingerprint density at radius 3 is 2.78 bits per heavy atom. The molecule has 1 fully saturated rings. The van der Waals surface area contributed by atoms with E-state index in [-0.39, 0.29) is 17.0 Å². The lowest BCUT2D eigenvalue weighted by molar-refractivity contribution is 0.349. The van der Waals surface area contributed by atoms with Gasteiger partial charge in [-0.1, -0.05) is 20.3 Å². The van der Waals surface area contributed by atoms with Crippen molar-refractivity contribution in [2.75, 3.05) is 5.32 Å². The minimum atomic E-state index is -0.0183. The Morgan fingerprint density at radius 1 is 1.50 bits per heavy atom. The maximum absolute atomic E-state index is 12.2. The quantitative estimate of drug-likeness (QED) is 0.896. The average Bonchev–Trinajstić information content (AvgIpc) is 2.61. The maximum Gasteiger partial charge on any atom is 0.293 e. The molecule has 1 atom stereocenters. The zero-order valence-electron chi connectivity index (χ0n) is 11.7. The molecule has 18 heavy (non-hydrogen) atoms. The molecule has 0 radical (unpaired) electrons. The lowest BCUT2D eigenvalue weighted by Crippen LogP contribution is -2.35. The first-order valence-corrected chi connectivity index (χ1v) is 6.75. The Balaban J connectivity index is 2.25. The van der Waals surface area contributed by atoms with Gasteiger partial charge in [-0.15, -0.1) is 0 Å². The van der Waals surface area contributed by atoms with Crippen LogP contribution >= 0.6 is 0 Å². The fraction of sp³-hybridized carbons (Fsp3) is 0.714. The second-order valence-electron chi connectivity index (χ2n) is 6.16. The van der Waals surface area contributed by atoms with Crippen molar-refractivity contribution >= 4 is 5.82 Å². The first kappa shape index (κ1) is 13.1. The van der Waals surface area contributed by atoms with E-state index in [2.05, 4.69) is 24.1 Å². The normalized spacial score (nSPS) is 22.4.